The summed E-state index contributed by atoms with van der Waals surface area (Å²) in [6, 6.07) is 5.95. The summed E-state index contributed by atoms with van der Waals surface area (Å²) in [5, 5.41) is 11.0. The highest BCUT2D eigenvalue weighted by Gasteiger charge is 2.06. The first kappa shape index (κ1) is 19.6. The lowest BCUT2D eigenvalue weighted by Crippen LogP contribution is -2.21. The summed E-state index contributed by atoms with van der Waals surface area (Å²) in [5.41, 5.74) is 10.1. The fourth-order valence-corrected chi connectivity index (χ4v) is 2.82. The largest absolute Gasteiger partial charge is 0.481 e. The van der Waals surface area contributed by atoms with Crippen LogP contribution in [-0.2, 0) is 13.5 Å². The fraction of sp³-hybridized carbons (Fsp3) is 0.350. The average molecular weight is 381 g/mol. The zero-order chi connectivity index (χ0) is 19.8. The van der Waals surface area contributed by atoms with Gasteiger partial charge in [0.05, 0.1) is 19.0 Å². The molecule has 0 atom stereocenters. The zero-order valence-corrected chi connectivity index (χ0v) is 16.4. The van der Waals surface area contributed by atoms with Crippen molar-refractivity contribution in [3.8, 4) is 17.0 Å². The number of rotatable bonds is 10. The highest BCUT2D eigenvalue weighted by Crippen LogP contribution is 2.24. The van der Waals surface area contributed by atoms with Crippen molar-refractivity contribution in [2.45, 2.75) is 12.8 Å². The SMILES string of the molecule is COc1ccc(CCNCCCNc2cc(-c3cnn(C)c3)cnc2N)cn1. The molecule has 0 amide bonds. The highest BCUT2D eigenvalue weighted by molar-refractivity contribution is 5.72. The summed E-state index contributed by atoms with van der Waals surface area (Å²) in [6.45, 7) is 2.65. The Balaban J connectivity index is 1.38. The number of aryl methyl sites for hydroxylation is 1. The van der Waals surface area contributed by atoms with Crippen molar-refractivity contribution in [3.05, 3.63) is 48.5 Å². The predicted octanol–water partition coefficient (Wildman–Crippen LogP) is 2.10. The second-order valence-electron chi connectivity index (χ2n) is 6.55. The van der Waals surface area contributed by atoms with Gasteiger partial charge in [0, 0.05) is 49.4 Å². The molecule has 28 heavy (non-hydrogen) atoms. The van der Waals surface area contributed by atoms with Crippen LogP contribution in [0, 0.1) is 0 Å². The number of nitrogens with two attached hydrogens (primary N) is 1. The van der Waals surface area contributed by atoms with Crippen molar-refractivity contribution in [3.63, 3.8) is 0 Å². The molecular formula is C20H27N7O. The number of methoxy groups -OCH3 is 1. The second-order valence-corrected chi connectivity index (χ2v) is 6.55. The molecule has 0 fully saturated rings. The topological polar surface area (TPSA) is 103 Å². The fourth-order valence-electron chi connectivity index (χ4n) is 2.82. The highest BCUT2D eigenvalue weighted by atomic mass is 16.5. The van der Waals surface area contributed by atoms with Crippen molar-refractivity contribution in [1.82, 2.24) is 25.1 Å². The normalized spacial score (nSPS) is 10.8. The van der Waals surface area contributed by atoms with E-state index in [9.17, 15) is 0 Å². The van der Waals surface area contributed by atoms with Crippen molar-refractivity contribution in [2.75, 3.05) is 37.8 Å². The van der Waals surface area contributed by atoms with Crippen LogP contribution in [0.5, 0.6) is 5.88 Å². The number of anilines is 2. The molecule has 148 valence electrons. The smallest absolute Gasteiger partial charge is 0.212 e. The van der Waals surface area contributed by atoms with Gasteiger partial charge < -0.3 is 21.1 Å². The lowest BCUT2D eigenvalue weighted by molar-refractivity contribution is 0.397. The van der Waals surface area contributed by atoms with E-state index in [1.807, 2.05) is 43.8 Å². The van der Waals surface area contributed by atoms with Crippen LogP contribution in [0.1, 0.15) is 12.0 Å². The molecule has 0 aliphatic carbocycles. The summed E-state index contributed by atoms with van der Waals surface area (Å²) in [4.78, 5) is 8.50. The molecule has 8 nitrogen and oxygen atoms in total. The molecule has 8 heteroatoms. The molecule has 3 heterocycles. The molecule has 0 aromatic carbocycles. The van der Waals surface area contributed by atoms with E-state index in [1.54, 1.807) is 18.0 Å². The average Bonchev–Trinajstić information content (AvgIpc) is 3.15. The molecule has 0 bridgehead atoms. The van der Waals surface area contributed by atoms with Crippen LogP contribution in [0.4, 0.5) is 11.5 Å². The van der Waals surface area contributed by atoms with Crippen LogP contribution >= 0.6 is 0 Å². The van der Waals surface area contributed by atoms with Gasteiger partial charge in [-0.05, 0) is 37.6 Å². The van der Waals surface area contributed by atoms with Crippen LogP contribution < -0.4 is 21.1 Å². The monoisotopic (exact) mass is 381 g/mol. The number of hydrogen-bond acceptors (Lipinski definition) is 7. The van der Waals surface area contributed by atoms with Gasteiger partial charge >= 0.3 is 0 Å². The lowest BCUT2D eigenvalue weighted by atomic mass is 10.1. The first-order valence-corrected chi connectivity index (χ1v) is 9.34. The van der Waals surface area contributed by atoms with Gasteiger partial charge in [-0.15, -0.1) is 0 Å². The van der Waals surface area contributed by atoms with Crippen LogP contribution in [0.2, 0.25) is 0 Å². The first-order chi connectivity index (χ1) is 13.7. The standard InChI is InChI=1S/C20H27N7O/c1-27-14-17(13-26-27)16-10-18(20(21)25-12-16)23-8-3-7-22-9-6-15-4-5-19(28-2)24-11-15/h4-5,10-14,22-23H,3,6-9H2,1-2H3,(H2,21,25). The van der Waals surface area contributed by atoms with E-state index in [4.69, 9.17) is 10.5 Å². The number of aromatic nitrogens is 4. The van der Waals surface area contributed by atoms with Crippen LogP contribution in [0.3, 0.4) is 0 Å². The van der Waals surface area contributed by atoms with Gasteiger partial charge in [0.2, 0.25) is 5.88 Å². The van der Waals surface area contributed by atoms with Crippen LogP contribution in [-0.4, -0.2) is 46.5 Å². The van der Waals surface area contributed by atoms with Gasteiger partial charge in [-0.3, -0.25) is 4.68 Å². The number of nitrogen functional groups attached to an aromatic ring is 1. The van der Waals surface area contributed by atoms with Crippen LogP contribution in [0.15, 0.2) is 43.0 Å². The molecule has 0 unspecified atom stereocenters. The van der Waals surface area contributed by atoms with Gasteiger partial charge in [-0.2, -0.15) is 5.10 Å². The molecule has 3 rings (SSSR count). The predicted molar refractivity (Wildman–Crippen MR) is 111 cm³/mol. The Morgan fingerprint density at radius 3 is 2.68 bits per heavy atom. The molecule has 0 radical (unpaired) electrons. The van der Waals surface area contributed by atoms with E-state index < -0.39 is 0 Å². The Labute approximate surface area is 165 Å². The molecular weight excluding hydrogens is 354 g/mol. The summed E-state index contributed by atoms with van der Waals surface area (Å²) < 4.78 is 6.84. The molecule has 4 N–H and O–H groups in total. The number of nitrogens with one attached hydrogen (secondary N) is 2. The Morgan fingerprint density at radius 2 is 1.96 bits per heavy atom. The number of ether oxygens (including phenoxy) is 1. The summed E-state index contributed by atoms with van der Waals surface area (Å²) in [7, 11) is 3.52. The minimum absolute atomic E-state index is 0.507. The van der Waals surface area contributed by atoms with Gasteiger partial charge in [-0.25, -0.2) is 9.97 Å². The summed E-state index contributed by atoms with van der Waals surface area (Å²) in [5.74, 6) is 1.15. The van der Waals surface area contributed by atoms with Crippen molar-refractivity contribution >= 4 is 11.5 Å². The Hall–Kier alpha value is -3.13. The van der Waals surface area contributed by atoms with E-state index in [1.165, 1.54) is 5.56 Å². The second kappa shape index (κ2) is 9.70. The number of hydrogen-bond donors (Lipinski definition) is 3. The summed E-state index contributed by atoms with van der Waals surface area (Å²) in [6.07, 6.45) is 9.32. The zero-order valence-electron chi connectivity index (χ0n) is 16.4. The van der Waals surface area contributed by atoms with E-state index in [-0.39, 0.29) is 0 Å². The van der Waals surface area contributed by atoms with E-state index >= 15 is 0 Å². The third-order valence-electron chi connectivity index (χ3n) is 4.40. The molecule has 0 aliphatic rings. The van der Waals surface area contributed by atoms with Gasteiger partial charge in [0.25, 0.3) is 0 Å². The van der Waals surface area contributed by atoms with Gasteiger partial charge in [-0.1, -0.05) is 6.07 Å². The molecule has 3 aromatic heterocycles. The van der Waals surface area contributed by atoms with Crippen molar-refractivity contribution in [2.24, 2.45) is 7.05 Å². The maximum Gasteiger partial charge on any atom is 0.212 e. The lowest BCUT2D eigenvalue weighted by Gasteiger charge is -2.10. The quantitative estimate of drug-likeness (QED) is 0.462. The Kier molecular flexibility index (Phi) is 6.80. The van der Waals surface area contributed by atoms with E-state index in [0.29, 0.717) is 11.7 Å². The summed E-state index contributed by atoms with van der Waals surface area (Å²) >= 11 is 0. The molecule has 0 saturated heterocycles. The number of pyridine rings is 2. The molecule has 0 spiro atoms. The minimum atomic E-state index is 0.507. The van der Waals surface area contributed by atoms with Crippen LogP contribution in [0.25, 0.3) is 11.1 Å². The van der Waals surface area contributed by atoms with Crippen molar-refractivity contribution in [1.29, 1.82) is 0 Å². The van der Waals surface area contributed by atoms with E-state index in [0.717, 1.165) is 49.3 Å². The minimum Gasteiger partial charge on any atom is -0.481 e. The third kappa shape index (κ3) is 5.43. The Bertz CT molecular complexity index is 877. The molecule has 3 aromatic rings. The maximum atomic E-state index is 6.00. The first-order valence-electron chi connectivity index (χ1n) is 9.34. The van der Waals surface area contributed by atoms with Gasteiger partial charge in [0.15, 0.2) is 0 Å². The Morgan fingerprint density at radius 1 is 1.07 bits per heavy atom. The van der Waals surface area contributed by atoms with E-state index in [2.05, 4.69) is 25.7 Å². The van der Waals surface area contributed by atoms with Gasteiger partial charge in [0.1, 0.15) is 5.82 Å². The maximum absolute atomic E-state index is 6.00. The van der Waals surface area contributed by atoms with Crippen molar-refractivity contribution < 1.29 is 4.74 Å². The molecule has 0 aliphatic heterocycles. The number of nitrogens with zero attached hydrogens (tertiary/aromatic N) is 4. The molecule has 0 saturated carbocycles. The third-order valence-corrected chi connectivity index (χ3v) is 4.40.